The monoisotopic (exact) mass is 468 g/mol. The lowest BCUT2D eigenvalue weighted by Gasteiger charge is -2.13. The number of anilines is 1. The molecular weight excluding hydrogens is 451 g/mol. The van der Waals surface area contributed by atoms with Crippen LogP contribution in [0.1, 0.15) is 32.6 Å². The van der Waals surface area contributed by atoms with E-state index >= 15 is 0 Å². The van der Waals surface area contributed by atoms with Crippen molar-refractivity contribution in [2.75, 3.05) is 5.32 Å². The first-order valence-corrected chi connectivity index (χ1v) is 10.2. The first kappa shape index (κ1) is 23.1. The van der Waals surface area contributed by atoms with Crippen LogP contribution in [0.15, 0.2) is 42.6 Å². The van der Waals surface area contributed by atoms with Crippen LogP contribution in [0.25, 0.3) is 0 Å². The number of ether oxygens (including phenoxy) is 1. The van der Waals surface area contributed by atoms with Gasteiger partial charge < -0.3 is 10.1 Å². The minimum Gasteiger partial charge on any atom is -0.435 e. The van der Waals surface area contributed by atoms with Crippen molar-refractivity contribution in [1.82, 2.24) is 10.3 Å². The summed E-state index contributed by atoms with van der Waals surface area (Å²) in [6.45, 7) is 5.38. The fraction of sp³-hybridized carbons (Fsp3) is 0.130. The van der Waals surface area contributed by atoms with Crippen LogP contribution >= 0.6 is 23.2 Å². The maximum absolute atomic E-state index is 12.5. The summed E-state index contributed by atoms with van der Waals surface area (Å²) in [6, 6.07) is 11.1. The number of imide groups is 1. The molecule has 1 aromatic heterocycles. The molecule has 3 amide bonds. The molecular formula is C23H18Cl2N4O3. The number of benzene rings is 2. The van der Waals surface area contributed by atoms with Gasteiger partial charge in [0, 0.05) is 17.4 Å². The molecule has 1 heterocycles. The number of nitriles is 1. The van der Waals surface area contributed by atoms with Gasteiger partial charge in [-0.3, -0.25) is 10.1 Å². The van der Waals surface area contributed by atoms with E-state index in [1.165, 1.54) is 12.1 Å². The highest BCUT2D eigenvalue weighted by Crippen LogP contribution is 2.39. The zero-order chi connectivity index (χ0) is 23.4. The van der Waals surface area contributed by atoms with Gasteiger partial charge in [0.2, 0.25) is 5.88 Å². The molecule has 0 radical (unpaired) electrons. The number of aryl methyl sites for hydroxylation is 3. The number of rotatable bonds is 4. The first-order valence-electron chi connectivity index (χ1n) is 9.41. The van der Waals surface area contributed by atoms with E-state index in [9.17, 15) is 14.9 Å². The molecule has 0 bridgehead atoms. The Balaban J connectivity index is 1.76. The molecule has 7 nitrogen and oxygen atoms in total. The average Bonchev–Trinajstić information content (AvgIpc) is 2.71. The van der Waals surface area contributed by atoms with Crippen LogP contribution in [-0.2, 0) is 0 Å². The predicted molar refractivity (Wildman–Crippen MR) is 123 cm³/mol. The Morgan fingerprint density at radius 1 is 1.06 bits per heavy atom. The number of aromatic nitrogens is 1. The summed E-state index contributed by atoms with van der Waals surface area (Å²) in [5.41, 5.74) is 3.21. The normalized spacial score (nSPS) is 10.2. The predicted octanol–water partition coefficient (Wildman–Crippen LogP) is 5.94. The summed E-state index contributed by atoms with van der Waals surface area (Å²) in [5.74, 6) is -0.386. The van der Waals surface area contributed by atoms with E-state index in [-0.39, 0.29) is 32.9 Å². The molecule has 0 unspecified atom stereocenters. The van der Waals surface area contributed by atoms with Crippen molar-refractivity contribution < 1.29 is 14.3 Å². The van der Waals surface area contributed by atoms with Gasteiger partial charge in [-0.25, -0.2) is 9.78 Å². The fourth-order valence-corrected chi connectivity index (χ4v) is 3.61. The topological polar surface area (TPSA) is 104 Å². The van der Waals surface area contributed by atoms with Crippen molar-refractivity contribution in [1.29, 1.82) is 5.26 Å². The highest BCUT2D eigenvalue weighted by molar-refractivity contribution is 6.37. The number of carbonyl (C=O) groups is 2. The molecule has 0 atom stereocenters. The number of nitrogens with zero attached hydrogens (tertiary/aromatic N) is 2. The van der Waals surface area contributed by atoms with Crippen molar-refractivity contribution in [3.8, 4) is 17.7 Å². The molecule has 0 saturated carbocycles. The molecule has 9 heteroatoms. The van der Waals surface area contributed by atoms with Crippen molar-refractivity contribution in [2.45, 2.75) is 20.8 Å². The number of pyridine rings is 1. The zero-order valence-electron chi connectivity index (χ0n) is 17.4. The molecule has 2 aromatic carbocycles. The molecule has 162 valence electrons. The third-order valence-corrected chi connectivity index (χ3v) is 5.06. The maximum atomic E-state index is 12.5. The first-order chi connectivity index (χ1) is 15.2. The molecule has 2 N–H and O–H groups in total. The van der Waals surface area contributed by atoms with E-state index in [0.717, 1.165) is 16.7 Å². The smallest absolute Gasteiger partial charge is 0.326 e. The van der Waals surface area contributed by atoms with E-state index in [2.05, 4.69) is 15.6 Å². The Hall–Kier alpha value is -3.60. The van der Waals surface area contributed by atoms with Gasteiger partial charge in [-0.15, -0.1) is 0 Å². The minimum absolute atomic E-state index is 0.0551. The molecule has 0 aliphatic rings. The van der Waals surface area contributed by atoms with Crippen LogP contribution in [0.4, 0.5) is 10.5 Å². The Morgan fingerprint density at radius 3 is 2.28 bits per heavy atom. The number of halogens is 2. The summed E-state index contributed by atoms with van der Waals surface area (Å²) in [6.07, 6.45) is 1.55. The lowest BCUT2D eigenvalue weighted by atomic mass is 10.0. The van der Waals surface area contributed by atoms with Gasteiger partial charge in [0.05, 0.1) is 10.0 Å². The Morgan fingerprint density at radius 2 is 1.69 bits per heavy atom. The van der Waals surface area contributed by atoms with Crippen LogP contribution in [0.2, 0.25) is 10.0 Å². The standard InChI is InChI=1S/C23H18Cl2N4O3/c1-12-7-15(10-26)22(27-11-12)32-20-17(24)8-16(9-18(20)25)28-23(31)29-21(30)19-13(2)5-4-6-14(19)3/h4-9,11H,1-3H3,(H2,28,29,30,31). The van der Waals surface area contributed by atoms with E-state index in [1.54, 1.807) is 45.2 Å². The van der Waals surface area contributed by atoms with Gasteiger partial charge >= 0.3 is 6.03 Å². The van der Waals surface area contributed by atoms with Gasteiger partial charge in [0.25, 0.3) is 5.91 Å². The summed E-state index contributed by atoms with van der Waals surface area (Å²) >= 11 is 12.6. The van der Waals surface area contributed by atoms with Gasteiger partial charge in [0.1, 0.15) is 11.6 Å². The van der Waals surface area contributed by atoms with E-state index in [1.807, 2.05) is 12.1 Å². The summed E-state index contributed by atoms with van der Waals surface area (Å²) in [7, 11) is 0. The second-order valence-electron chi connectivity index (χ2n) is 7.02. The summed E-state index contributed by atoms with van der Waals surface area (Å²) in [5, 5.41) is 14.2. The number of hydrogen-bond acceptors (Lipinski definition) is 5. The minimum atomic E-state index is -0.745. The quantitative estimate of drug-likeness (QED) is 0.492. The third-order valence-electron chi connectivity index (χ3n) is 4.50. The van der Waals surface area contributed by atoms with E-state index in [0.29, 0.717) is 5.56 Å². The van der Waals surface area contributed by atoms with Gasteiger partial charge in [-0.05, 0) is 55.7 Å². The number of carbonyl (C=O) groups excluding carboxylic acids is 2. The van der Waals surface area contributed by atoms with Crippen molar-refractivity contribution in [2.24, 2.45) is 0 Å². The molecule has 0 saturated heterocycles. The average molecular weight is 469 g/mol. The van der Waals surface area contributed by atoms with Crippen molar-refractivity contribution >= 4 is 40.8 Å². The van der Waals surface area contributed by atoms with Crippen LogP contribution in [0.3, 0.4) is 0 Å². The van der Waals surface area contributed by atoms with Crippen LogP contribution in [-0.4, -0.2) is 16.9 Å². The Kier molecular flexibility index (Phi) is 6.98. The van der Waals surface area contributed by atoms with Crippen molar-refractivity contribution in [3.63, 3.8) is 0 Å². The van der Waals surface area contributed by atoms with Gasteiger partial charge in [-0.2, -0.15) is 5.26 Å². The molecule has 0 fully saturated rings. The van der Waals surface area contributed by atoms with Gasteiger partial charge in [-0.1, -0.05) is 41.4 Å². The molecule has 3 aromatic rings. The third kappa shape index (κ3) is 5.17. The molecule has 32 heavy (non-hydrogen) atoms. The number of hydrogen-bond donors (Lipinski definition) is 2. The highest BCUT2D eigenvalue weighted by atomic mass is 35.5. The second kappa shape index (κ2) is 9.69. The van der Waals surface area contributed by atoms with E-state index < -0.39 is 11.9 Å². The number of nitrogens with one attached hydrogen (secondary N) is 2. The number of urea groups is 1. The zero-order valence-corrected chi connectivity index (χ0v) is 18.9. The van der Waals surface area contributed by atoms with Crippen LogP contribution in [0, 0.1) is 32.1 Å². The Labute approximate surface area is 194 Å². The van der Waals surface area contributed by atoms with Crippen molar-refractivity contribution in [3.05, 3.63) is 80.5 Å². The summed E-state index contributed by atoms with van der Waals surface area (Å²) in [4.78, 5) is 28.9. The Bertz CT molecular complexity index is 1230. The SMILES string of the molecule is Cc1cnc(Oc2c(Cl)cc(NC(=O)NC(=O)c3c(C)cccc3C)cc2Cl)c(C#N)c1. The molecule has 0 aliphatic carbocycles. The summed E-state index contributed by atoms with van der Waals surface area (Å²) < 4.78 is 5.65. The molecule has 3 rings (SSSR count). The molecule has 0 spiro atoms. The highest BCUT2D eigenvalue weighted by Gasteiger charge is 2.18. The molecule has 0 aliphatic heterocycles. The number of amides is 3. The largest absolute Gasteiger partial charge is 0.435 e. The fourth-order valence-electron chi connectivity index (χ4n) is 3.04. The lowest BCUT2D eigenvalue weighted by Crippen LogP contribution is -2.35. The van der Waals surface area contributed by atoms with Gasteiger partial charge in [0.15, 0.2) is 5.75 Å². The van der Waals surface area contributed by atoms with E-state index in [4.69, 9.17) is 27.9 Å². The second-order valence-corrected chi connectivity index (χ2v) is 7.84. The van der Waals surface area contributed by atoms with Crippen LogP contribution < -0.4 is 15.4 Å². The maximum Gasteiger partial charge on any atom is 0.326 e. The van der Waals surface area contributed by atoms with Crippen LogP contribution in [0.5, 0.6) is 11.6 Å². The lowest BCUT2D eigenvalue weighted by molar-refractivity contribution is 0.0966.